The zero-order valence-corrected chi connectivity index (χ0v) is 18.6. The number of anilines is 2. The average molecular weight is 449 g/mol. The Kier molecular flexibility index (Phi) is 5.48. The monoisotopic (exact) mass is 448 g/mol. The third kappa shape index (κ3) is 3.80. The topological polar surface area (TPSA) is 95.4 Å². The number of piperidine rings is 1. The van der Waals surface area contributed by atoms with Crippen molar-refractivity contribution in [1.82, 2.24) is 24.5 Å². The fraction of sp³-hybridized carbons (Fsp3) is 0.304. The Morgan fingerprint density at radius 1 is 1.28 bits per heavy atom. The van der Waals surface area contributed by atoms with Crippen molar-refractivity contribution in [2.24, 2.45) is 0 Å². The molecule has 164 valence electrons. The molecule has 5 rings (SSSR count). The van der Waals surface area contributed by atoms with Gasteiger partial charge >= 0.3 is 0 Å². The standard InChI is InChI=1S/C23H24N6O2S/c1-2-15-6-3-4-8-17(15)24-23-25-20(22-29(23)12-13-32-22)16-7-5-11-28(14-16)21(31)18-9-10-19(30)27-26-18/h3-4,6,8-10,12-13,16H,2,5,7,11,14H2,1H3,(H,24,25)(H,27,30)/t16-/m0/s1. The van der Waals surface area contributed by atoms with Crippen LogP contribution in [-0.2, 0) is 6.42 Å². The normalized spacial score (nSPS) is 16.4. The number of amides is 1. The van der Waals surface area contributed by atoms with Crippen LogP contribution >= 0.6 is 11.3 Å². The summed E-state index contributed by atoms with van der Waals surface area (Å²) in [5, 5.41) is 11.8. The van der Waals surface area contributed by atoms with Crippen LogP contribution in [0.2, 0.25) is 0 Å². The molecule has 0 aliphatic carbocycles. The van der Waals surface area contributed by atoms with Crippen LogP contribution in [0.15, 0.2) is 52.8 Å². The van der Waals surface area contributed by atoms with Gasteiger partial charge in [-0.15, -0.1) is 11.3 Å². The van der Waals surface area contributed by atoms with Gasteiger partial charge in [-0.05, 0) is 37.0 Å². The Balaban J connectivity index is 1.42. The Morgan fingerprint density at radius 2 is 2.16 bits per heavy atom. The molecule has 4 heterocycles. The second kappa shape index (κ2) is 8.58. The molecule has 1 aliphatic rings. The van der Waals surface area contributed by atoms with Crippen LogP contribution in [-0.4, -0.2) is 43.5 Å². The van der Waals surface area contributed by atoms with Crippen molar-refractivity contribution < 1.29 is 4.79 Å². The summed E-state index contributed by atoms with van der Waals surface area (Å²) < 4.78 is 2.09. The number of thiazole rings is 1. The molecule has 1 amide bonds. The van der Waals surface area contributed by atoms with Gasteiger partial charge in [0, 0.05) is 42.3 Å². The SMILES string of the molecule is CCc1ccccc1Nc1nc([C@H]2CCCN(C(=O)c3ccc(=O)[nH]n3)C2)c2sccn12. The highest BCUT2D eigenvalue weighted by Crippen LogP contribution is 2.34. The number of H-pyrrole nitrogens is 1. The predicted molar refractivity (Wildman–Crippen MR) is 125 cm³/mol. The van der Waals surface area contributed by atoms with E-state index >= 15 is 0 Å². The number of imidazole rings is 1. The van der Waals surface area contributed by atoms with Gasteiger partial charge in [0.05, 0.1) is 5.69 Å². The van der Waals surface area contributed by atoms with E-state index in [-0.39, 0.29) is 23.1 Å². The summed E-state index contributed by atoms with van der Waals surface area (Å²) in [7, 11) is 0. The number of nitrogens with one attached hydrogen (secondary N) is 2. The molecule has 3 aromatic heterocycles. The number of nitrogens with zero attached hydrogens (tertiary/aromatic N) is 4. The number of aromatic amines is 1. The molecule has 9 heteroatoms. The van der Waals surface area contributed by atoms with Crippen LogP contribution in [0, 0.1) is 0 Å². The maximum Gasteiger partial charge on any atom is 0.274 e. The van der Waals surface area contributed by atoms with E-state index in [1.807, 2.05) is 23.2 Å². The zero-order chi connectivity index (χ0) is 22.1. The van der Waals surface area contributed by atoms with Gasteiger partial charge in [0.1, 0.15) is 10.5 Å². The van der Waals surface area contributed by atoms with Crippen molar-refractivity contribution in [3.8, 4) is 0 Å². The molecule has 1 aliphatic heterocycles. The number of para-hydroxylation sites is 1. The minimum absolute atomic E-state index is 0.140. The average Bonchev–Trinajstić information content (AvgIpc) is 3.43. The summed E-state index contributed by atoms with van der Waals surface area (Å²) in [6.07, 6.45) is 4.83. The van der Waals surface area contributed by atoms with Gasteiger partial charge in [0.25, 0.3) is 11.5 Å². The van der Waals surface area contributed by atoms with Gasteiger partial charge in [-0.3, -0.25) is 14.0 Å². The summed E-state index contributed by atoms with van der Waals surface area (Å²) in [6, 6.07) is 11.1. The molecule has 1 aromatic carbocycles. The number of benzene rings is 1. The molecule has 0 unspecified atom stereocenters. The van der Waals surface area contributed by atoms with E-state index in [1.165, 1.54) is 17.7 Å². The van der Waals surface area contributed by atoms with Gasteiger partial charge < -0.3 is 10.2 Å². The number of aromatic nitrogens is 4. The summed E-state index contributed by atoms with van der Waals surface area (Å²) in [5.74, 6) is 0.770. The lowest BCUT2D eigenvalue weighted by Crippen LogP contribution is -2.39. The number of aryl methyl sites for hydroxylation is 1. The molecule has 32 heavy (non-hydrogen) atoms. The first-order valence-electron chi connectivity index (χ1n) is 10.8. The molecule has 0 radical (unpaired) electrons. The van der Waals surface area contributed by atoms with Crippen LogP contribution in [0.1, 0.15) is 47.4 Å². The predicted octanol–water partition coefficient (Wildman–Crippen LogP) is 3.80. The van der Waals surface area contributed by atoms with Gasteiger partial charge in [0.2, 0.25) is 5.95 Å². The van der Waals surface area contributed by atoms with Crippen LogP contribution in [0.25, 0.3) is 4.83 Å². The first-order chi connectivity index (χ1) is 15.6. The number of carbonyl (C=O) groups is 1. The Labute approximate surface area is 188 Å². The Bertz CT molecular complexity index is 1300. The van der Waals surface area contributed by atoms with Crippen LogP contribution in [0.3, 0.4) is 0 Å². The van der Waals surface area contributed by atoms with E-state index in [1.54, 1.807) is 11.3 Å². The van der Waals surface area contributed by atoms with Crippen molar-refractivity contribution >= 4 is 33.7 Å². The lowest BCUT2D eigenvalue weighted by atomic mass is 9.95. The fourth-order valence-electron chi connectivity index (χ4n) is 4.28. The molecule has 4 aromatic rings. The zero-order valence-electron chi connectivity index (χ0n) is 17.7. The summed E-state index contributed by atoms with van der Waals surface area (Å²) in [5.41, 5.74) is 3.26. The molecule has 8 nitrogen and oxygen atoms in total. The maximum absolute atomic E-state index is 12.9. The van der Waals surface area contributed by atoms with Gasteiger partial charge in [-0.25, -0.2) is 10.1 Å². The number of hydrogen-bond acceptors (Lipinski definition) is 6. The third-order valence-electron chi connectivity index (χ3n) is 5.92. The molecule has 1 fully saturated rings. The number of rotatable bonds is 5. The molecule has 1 atom stereocenters. The fourth-order valence-corrected chi connectivity index (χ4v) is 5.19. The first-order valence-corrected chi connectivity index (χ1v) is 11.7. The van der Waals surface area contributed by atoms with Gasteiger partial charge in [-0.1, -0.05) is 25.1 Å². The second-order valence-electron chi connectivity index (χ2n) is 7.93. The quantitative estimate of drug-likeness (QED) is 0.484. The molecule has 1 saturated heterocycles. The summed E-state index contributed by atoms with van der Waals surface area (Å²) >= 11 is 1.66. The number of hydrogen-bond donors (Lipinski definition) is 2. The van der Waals surface area contributed by atoms with E-state index < -0.39 is 0 Å². The summed E-state index contributed by atoms with van der Waals surface area (Å²) in [6.45, 7) is 3.39. The van der Waals surface area contributed by atoms with Crippen LogP contribution in [0.4, 0.5) is 11.6 Å². The minimum Gasteiger partial charge on any atom is -0.337 e. The highest BCUT2D eigenvalue weighted by molar-refractivity contribution is 7.15. The second-order valence-corrected chi connectivity index (χ2v) is 8.83. The molecule has 2 N–H and O–H groups in total. The Morgan fingerprint density at radius 3 is 2.97 bits per heavy atom. The van der Waals surface area contributed by atoms with E-state index in [4.69, 9.17) is 4.98 Å². The van der Waals surface area contributed by atoms with E-state index in [2.05, 4.69) is 44.4 Å². The smallest absolute Gasteiger partial charge is 0.274 e. The molecule has 0 bridgehead atoms. The highest BCUT2D eigenvalue weighted by Gasteiger charge is 2.30. The maximum atomic E-state index is 12.9. The van der Waals surface area contributed by atoms with E-state index in [9.17, 15) is 9.59 Å². The largest absolute Gasteiger partial charge is 0.337 e. The van der Waals surface area contributed by atoms with E-state index in [0.717, 1.165) is 41.4 Å². The van der Waals surface area contributed by atoms with Crippen molar-refractivity contribution in [2.75, 3.05) is 18.4 Å². The summed E-state index contributed by atoms with van der Waals surface area (Å²) in [4.78, 5) is 32.1. The van der Waals surface area contributed by atoms with Crippen LogP contribution < -0.4 is 10.9 Å². The lowest BCUT2D eigenvalue weighted by molar-refractivity contribution is 0.0699. The number of carbonyl (C=O) groups excluding carboxylic acids is 1. The third-order valence-corrected chi connectivity index (χ3v) is 6.81. The minimum atomic E-state index is -0.319. The van der Waals surface area contributed by atoms with Crippen molar-refractivity contribution in [1.29, 1.82) is 0 Å². The van der Waals surface area contributed by atoms with Crippen molar-refractivity contribution in [2.45, 2.75) is 32.1 Å². The molecular formula is C23H24N6O2S. The van der Waals surface area contributed by atoms with Crippen molar-refractivity contribution in [3.63, 3.8) is 0 Å². The lowest BCUT2D eigenvalue weighted by Gasteiger charge is -2.31. The number of fused-ring (bicyclic) bond motifs is 1. The number of likely N-dealkylation sites (tertiary alicyclic amines) is 1. The Hall–Kier alpha value is -3.46. The van der Waals surface area contributed by atoms with Gasteiger partial charge in [0.15, 0.2) is 0 Å². The van der Waals surface area contributed by atoms with E-state index in [0.29, 0.717) is 13.1 Å². The molecular weight excluding hydrogens is 424 g/mol. The van der Waals surface area contributed by atoms with Gasteiger partial charge in [-0.2, -0.15) is 5.10 Å². The molecule has 0 saturated carbocycles. The molecule has 0 spiro atoms. The van der Waals surface area contributed by atoms with Crippen LogP contribution in [0.5, 0.6) is 0 Å². The van der Waals surface area contributed by atoms with Crippen molar-refractivity contribution in [3.05, 3.63) is 75.3 Å². The first kappa shape index (κ1) is 20.4. The highest BCUT2D eigenvalue weighted by atomic mass is 32.1.